The van der Waals surface area contributed by atoms with Crippen molar-refractivity contribution in [1.29, 1.82) is 0 Å². The van der Waals surface area contributed by atoms with Crippen LogP contribution in [0.5, 0.6) is 0 Å². The van der Waals surface area contributed by atoms with E-state index in [0.29, 0.717) is 6.54 Å². The van der Waals surface area contributed by atoms with Crippen molar-refractivity contribution in [1.82, 2.24) is 4.98 Å². The van der Waals surface area contributed by atoms with Gasteiger partial charge >= 0.3 is 0 Å². The summed E-state index contributed by atoms with van der Waals surface area (Å²) in [6.45, 7) is 0.668. The summed E-state index contributed by atoms with van der Waals surface area (Å²) in [5.74, 6) is 0. The molecule has 2 N–H and O–H groups in total. The van der Waals surface area contributed by atoms with E-state index in [2.05, 4.69) is 17.1 Å². The van der Waals surface area contributed by atoms with Crippen molar-refractivity contribution in [2.24, 2.45) is 5.73 Å². The van der Waals surface area contributed by atoms with Gasteiger partial charge in [-0.05, 0) is 12.1 Å². The van der Waals surface area contributed by atoms with E-state index in [9.17, 15) is 0 Å². The first-order chi connectivity index (χ1) is 6.90. The Morgan fingerprint density at radius 3 is 2.71 bits per heavy atom. The first-order valence-corrected chi connectivity index (χ1v) is 5.42. The maximum Gasteiger partial charge on any atom is 0.0943 e. The molecule has 0 aliphatic heterocycles. The maximum absolute atomic E-state index is 5.48. The summed E-state index contributed by atoms with van der Waals surface area (Å²) in [6, 6.07) is 10.3. The molecule has 1 heterocycles. The lowest BCUT2D eigenvalue weighted by atomic mass is 10.2. The zero-order valence-electron chi connectivity index (χ0n) is 7.81. The van der Waals surface area contributed by atoms with E-state index in [1.807, 2.05) is 24.4 Å². The molecular weight excluding hydrogens is 192 g/mol. The third-order valence-corrected chi connectivity index (χ3v) is 3.08. The molecule has 0 aliphatic rings. The maximum atomic E-state index is 5.48. The summed E-state index contributed by atoms with van der Waals surface area (Å²) in [5.41, 5.74) is 6.71. The molecule has 0 atom stereocenters. The summed E-state index contributed by atoms with van der Waals surface area (Å²) in [6.07, 6.45) is 2.79. The third-order valence-electron chi connectivity index (χ3n) is 1.97. The quantitative estimate of drug-likeness (QED) is 0.833. The van der Waals surface area contributed by atoms with E-state index >= 15 is 0 Å². The van der Waals surface area contributed by atoms with E-state index < -0.39 is 0 Å². The fraction of sp³-hybridized carbons (Fsp3) is 0.182. The molecular formula is C11H12N2S. The number of thiazole rings is 1. The number of aromatic nitrogens is 1. The second-order valence-electron chi connectivity index (χ2n) is 3.02. The molecule has 1 aromatic carbocycles. The third kappa shape index (κ3) is 2.00. The van der Waals surface area contributed by atoms with Crippen molar-refractivity contribution >= 4 is 11.3 Å². The molecule has 2 aromatic rings. The van der Waals surface area contributed by atoms with Gasteiger partial charge in [0.1, 0.15) is 0 Å². The highest BCUT2D eigenvalue weighted by atomic mass is 32.1. The molecule has 2 rings (SSSR count). The first-order valence-electron chi connectivity index (χ1n) is 4.60. The van der Waals surface area contributed by atoms with Crippen LogP contribution in [0.25, 0.3) is 10.4 Å². The Morgan fingerprint density at radius 2 is 2.00 bits per heavy atom. The zero-order chi connectivity index (χ0) is 9.80. The monoisotopic (exact) mass is 204 g/mol. The molecule has 0 spiro atoms. The summed E-state index contributed by atoms with van der Waals surface area (Å²) >= 11 is 1.72. The Labute approximate surface area is 87.4 Å². The minimum atomic E-state index is 0.668. The second kappa shape index (κ2) is 4.35. The summed E-state index contributed by atoms with van der Waals surface area (Å²) < 4.78 is 0. The van der Waals surface area contributed by atoms with Gasteiger partial charge in [-0.25, -0.2) is 4.98 Å². The summed E-state index contributed by atoms with van der Waals surface area (Å²) in [4.78, 5) is 5.54. The highest BCUT2D eigenvalue weighted by molar-refractivity contribution is 7.15. The van der Waals surface area contributed by atoms with Gasteiger partial charge in [-0.2, -0.15) is 0 Å². The molecule has 0 aliphatic carbocycles. The van der Waals surface area contributed by atoms with Crippen LogP contribution in [0, 0.1) is 0 Å². The van der Waals surface area contributed by atoms with Crippen molar-refractivity contribution in [2.45, 2.75) is 6.42 Å². The average molecular weight is 204 g/mol. The van der Waals surface area contributed by atoms with E-state index in [0.717, 1.165) is 11.4 Å². The Hall–Kier alpha value is -1.19. The minimum absolute atomic E-state index is 0.668. The number of rotatable bonds is 3. The highest BCUT2D eigenvalue weighted by Crippen LogP contribution is 2.25. The summed E-state index contributed by atoms with van der Waals surface area (Å²) in [7, 11) is 0. The molecule has 14 heavy (non-hydrogen) atoms. The van der Waals surface area contributed by atoms with Gasteiger partial charge in [-0.3, -0.25) is 0 Å². The van der Waals surface area contributed by atoms with Crippen molar-refractivity contribution < 1.29 is 0 Å². The molecule has 0 amide bonds. The topological polar surface area (TPSA) is 38.9 Å². The van der Waals surface area contributed by atoms with Gasteiger partial charge in [-0.1, -0.05) is 30.3 Å². The predicted molar refractivity (Wildman–Crippen MR) is 60.3 cm³/mol. The predicted octanol–water partition coefficient (Wildman–Crippen LogP) is 2.31. The van der Waals surface area contributed by atoms with Gasteiger partial charge in [-0.15, -0.1) is 11.3 Å². The molecule has 2 nitrogen and oxygen atoms in total. The Morgan fingerprint density at radius 1 is 1.21 bits per heavy atom. The summed E-state index contributed by atoms with van der Waals surface area (Å²) in [5, 5.41) is 1.12. The van der Waals surface area contributed by atoms with Crippen LogP contribution in [-0.4, -0.2) is 11.5 Å². The molecule has 72 valence electrons. The molecule has 0 bridgehead atoms. The SMILES string of the molecule is NCCc1ncc(-c2ccccc2)s1. The van der Waals surface area contributed by atoms with Crippen molar-refractivity contribution in [2.75, 3.05) is 6.54 Å². The van der Waals surface area contributed by atoms with E-state index in [4.69, 9.17) is 5.73 Å². The number of nitrogens with zero attached hydrogens (tertiary/aromatic N) is 1. The van der Waals surface area contributed by atoms with Crippen LogP contribution in [0.4, 0.5) is 0 Å². The lowest BCUT2D eigenvalue weighted by molar-refractivity contribution is 0.953. The van der Waals surface area contributed by atoms with Gasteiger partial charge in [0.25, 0.3) is 0 Å². The van der Waals surface area contributed by atoms with Crippen LogP contribution in [0.1, 0.15) is 5.01 Å². The zero-order valence-corrected chi connectivity index (χ0v) is 8.63. The van der Waals surface area contributed by atoms with Crippen molar-refractivity contribution in [3.8, 4) is 10.4 Å². The molecule has 0 saturated heterocycles. The Bertz CT molecular complexity index is 395. The molecule has 0 saturated carbocycles. The number of benzene rings is 1. The number of hydrogen-bond acceptors (Lipinski definition) is 3. The smallest absolute Gasteiger partial charge is 0.0943 e. The van der Waals surface area contributed by atoms with Crippen LogP contribution in [-0.2, 0) is 6.42 Å². The number of hydrogen-bond donors (Lipinski definition) is 1. The molecule has 0 radical (unpaired) electrons. The Kier molecular flexibility index (Phi) is 2.91. The van der Waals surface area contributed by atoms with Gasteiger partial charge in [0, 0.05) is 12.6 Å². The van der Waals surface area contributed by atoms with Gasteiger partial charge in [0.05, 0.1) is 9.88 Å². The lowest BCUT2D eigenvalue weighted by Crippen LogP contribution is -2.01. The number of nitrogens with two attached hydrogens (primary N) is 1. The van der Waals surface area contributed by atoms with Crippen LogP contribution in [0.15, 0.2) is 36.5 Å². The van der Waals surface area contributed by atoms with Crippen LogP contribution >= 0.6 is 11.3 Å². The fourth-order valence-electron chi connectivity index (χ4n) is 1.29. The minimum Gasteiger partial charge on any atom is -0.330 e. The molecule has 0 unspecified atom stereocenters. The first kappa shape index (κ1) is 9.37. The molecule has 0 fully saturated rings. The lowest BCUT2D eigenvalue weighted by Gasteiger charge is -1.93. The Balaban J connectivity index is 2.25. The standard InChI is InChI=1S/C11H12N2S/c12-7-6-11-13-8-10(14-11)9-4-2-1-3-5-9/h1-5,8H,6-7,12H2. The second-order valence-corrected chi connectivity index (χ2v) is 4.14. The van der Waals surface area contributed by atoms with Crippen molar-refractivity contribution in [3.05, 3.63) is 41.5 Å². The van der Waals surface area contributed by atoms with Crippen LogP contribution in [0.3, 0.4) is 0 Å². The molecule has 3 heteroatoms. The van der Waals surface area contributed by atoms with E-state index in [-0.39, 0.29) is 0 Å². The van der Waals surface area contributed by atoms with Gasteiger partial charge in [0.15, 0.2) is 0 Å². The van der Waals surface area contributed by atoms with Crippen molar-refractivity contribution in [3.63, 3.8) is 0 Å². The van der Waals surface area contributed by atoms with E-state index in [1.165, 1.54) is 10.4 Å². The van der Waals surface area contributed by atoms with Gasteiger partial charge < -0.3 is 5.73 Å². The highest BCUT2D eigenvalue weighted by Gasteiger charge is 2.02. The van der Waals surface area contributed by atoms with E-state index in [1.54, 1.807) is 11.3 Å². The fourth-order valence-corrected chi connectivity index (χ4v) is 2.22. The van der Waals surface area contributed by atoms with Gasteiger partial charge in [0.2, 0.25) is 0 Å². The molecule has 1 aromatic heterocycles. The van der Waals surface area contributed by atoms with Crippen LogP contribution < -0.4 is 5.73 Å². The van der Waals surface area contributed by atoms with Crippen LogP contribution in [0.2, 0.25) is 0 Å². The largest absolute Gasteiger partial charge is 0.330 e. The average Bonchev–Trinajstić information content (AvgIpc) is 2.68. The normalized spacial score (nSPS) is 10.4.